The van der Waals surface area contributed by atoms with Crippen molar-refractivity contribution in [2.75, 3.05) is 32.7 Å². The van der Waals surface area contributed by atoms with Crippen LogP contribution in [-0.2, 0) is 9.59 Å². The van der Waals surface area contributed by atoms with Gasteiger partial charge in [-0.25, -0.2) is 0 Å². The van der Waals surface area contributed by atoms with Gasteiger partial charge in [-0.3, -0.25) is 14.4 Å². The van der Waals surface area contributed by atoms with Crippen LogP contribution in [-0.4, -0.2) is 70.7 Å². The molecule has 2 aromatic rings. The number of hydrogen-bond acceptors (Lipinski definition) is 3. The summed E-state index contributed by atoms with van der Waals surface area (Å²) in [4.78, 5) is 43.9. The second-order valence-corrected chi connectivity index (χ2v) is 9.22. The highest BCUT2D eigenvalue weighted by Crippen LogP contribution is 2.27. The van der Waals surface area contributed by atoms with E-state index in [0.29, 0.717) is 38.3 Å². The molecule has 2 heterocycles. The highest BCUT2D eigenvalue weighted by Gasteiger charge is 2.41. The van der Waals surface area contributed by atoms with Crippen molar-refractivity contribution >= 4 is 28.5 Å². The first-order valence-corrected chi connectivity index (χ1v) is 10.6. The first kappa shape index (κ1) is 20.4. The average molecular weight is 408 g/mol. The van der Waals surface area contributed by atoms with E-state index >= 15 is 0 Å². The Bertz CT molecular complexity index is 981. The lowest BCUT2D eigenvalue weighted by Crippen LogP contribution is -2.52. The fourth-order valence-electron chi connectivity index (χ4n) is 4.49. The smallest absolute Gasteiger partial charge is 0.254 e. The second kappa shape index (κ2) is 7.74. The molecular formula is C24H29N3O3. The van der Waals surface area contributed by atoms with Gasteiger partial charge in [-0.2, -0.15) is 0 Å². The van der Waals surface area contributed by atoms with Crippen molar-refractivity contribution in [3.8, 4) is 0 Å². The standard InChI is InChI=1S/C24H29N3O3/c1-24(2,3)27-16-18(15-21(27)28)22(29)25-11-13-26(14-12-25)23(30)20-10-6-8-17-7-4-5-9-19(17)20/h4-10,18H,11-16H2,1-3H3. The van der Waals surface area contributed by atoms with Gasteiger partial charge in [0.25, 0.3) is 5.91 Å². The lowest BCUT2D eigenvalue weighted by Gasteiger charge is -2.36. The highest BCUT2D eigenvalue weighted by atomic mass is 16.2. The third kappa shape index (κ3) is 3.78. The number of carbonyl (C=O) groups excluding carboxylic acids is 3. The van der Waals surface area contributed by atoms with Crippen LogP contribution in [0.25, 0.3) is 10.8 Å². The molecule has 3 amide bonds. The van der Waals surface area contributed by atoms with Gasteiger partial charge < -0.3 is 14.7 Å². The van der Waals surface area contributed by atoms with E-state index in [9.17, 15) is 14.4 Å². The summed E-state index contributed by atoms with van der Waals surface area (Å²) >= 11 is 0. The maximum absolute atomic E-state index is 13.1. The van der Waals surface area contributed by atoms with Crippen LogP contribution in [0.1, 0.15) is 37.6 Å². The van der Waals surface area contributed by atoms with Crippen LogP contribution in [0, 0.1) is 5.92 Å². The normalized spacial score (nSPS) is 20.2. The molecule has 2 aliphatic rings. The third-order valence-corrected chi connectivity index (χ3v) is 6.18. The molecular weight excluding hydrogens is 378 g/mol. The number of benzene rings is 2. The maximum atomic E-state index is 13.1. The molecule has 1 atom stereocenters. The first-order valence-electron chi connectivity index (χ1n) is 10.6. The minimum atomic E-state index is -0.281. The molecule has 0 bridgehead atoms. The number of nitrogens with zero attached hydrogens (tertiary/aromatic N) is 3. The van der Waals surface area contributed by atoms with Crippen LogP contribution in [0.5, 0.6) is 0 Å². The molecule has 0 aliphatic carbocycles. The monoisotopic (exact) mass is 407 g/mol. The number of amides is 3. The third-order valence-electron chi connectivity index (χ3n) is 6.18. The molecule has 2 fully saturated rings. The Labute approximate surface area is 177 Å². The van der Waals surface area contributed by atoms with Crippen LogP contribution in [0.2, 0.25) is 0 Å². The van der Waals surface area contributed by atoms with Gasteiger partial charge in [0, 0.05) is 50.2 Å². The van der Waals surface area contributed by atoms with E-state index in [2.05, 4.69) is 0 Å². The summed E-state index contributed by atoms with van der Waals surface area (Å²) in [7, 11) is 0. The maximum Gasteiger partial charge on any atom is 0.254 e. The SMILES string of the molecule is CC(C)(C)N1CC(C(=O)N2CCN(C(=O)c3cccc4ccccc34)CC2)CC1=O. The van der Waals surface area contributed by atoms with Crippen molar-refractivity contribution in [3.05, 3.63) is 48.0 Å². The molecule has 2 saturated heterocycles. The molecule has 0 radical (unpaired) electrons. The predicted octanol–water partition coefficient (Wildman–Crippen LogP) is 2.77. The molecule has 6 heteroatoms. The van der Waals surface area contributed by atoms with Gasteiger partial charge in [0.2, 0.25) is 11.8 Å². The van der Waals surface area contributed by atoms with E-state index in [4.69, 9.17) is 0 Å². The highest BCUT2D eigenvalue weighted by molar-refractivity contribution is 6.07. The zero-order chi connectivity index (χ0) is 21.5. The van der Waals surface area contributed by atoms with Crippen molar-refractivity contribution in [2.24, 2.45) is 5.92 Å². The van der Waals surface area contributed by atoms with Gasteiger partial charge in [0.1, 0.15) is 0 Å². The fraction of sp³-hybridized carbons (Fsp3) is 0.458. The summed E-state index contributed by atoms with van der Waals surface area (Å²) < 4.78 is 0. The Morgan fingerprint density at radius 2 is 1.53 bits per heavy atom. The lowest BCUT2D eigenvalue weighted by molar-refractivity contribution is -0.137. The molecule has 4 rings (SSSR count). The van der Waals surface area contributed by atoms with Crippen molar-refractivity contribution in [3.63, 3.8) is 0 Å². The second-order valence-electron chi connectivity index (χ2n) is 9.22. The predicted molar refractivity (Wildman–Crippen MR) is 116 cm³/mol. The summed E-state index contributed by atoms with van der Waals surface area (Å²) in [5.74, 6) is -0.191. The molecule has 1 unspecified atom stereocenters. The molecule has 30 heavy (non-hydrogen) atoms. The zero-order valence-corrected chi connectivity index (χ0v) is 17.9. The molecule has 0 saturated carbocycles. The molecule has 0 N–H and O–H groups in total. The minimum absolute atomic E-state index is 0.00820. The van der Waals surface area contributed by atoms with Crippen LogP contribution in [0.15, 0.2) is 42.5 Å². The number of likely N-dealkylation sites (tertiary alicyclic amines) is 1. The summed E-state index contributed by atoms with van der Waals surface area (Å²) in [5.41, 5.74) is 0.436. The Hall–Kier alpha value is -2.89. The van der Waals surface area contributed by atoms with Gasteiger partial charge in [-0.05, 0) is 37.6 Å². The fourth-order valence-corrected chi connectivity index (χ4v) is 4.49. The van der Waals surface area contributed by atoms with E-state index in [1.807, 2.05) is 73.0 Å². The van der Waals surface area contributed by atoms with E-state index in [0.717, 1.165) is 10.8 Å². The van der Waals surface area contributed by atoms with Gasteiger partial charge in [-0.1, -0.05) is 36.4 Å². The number of rotatable bonds is 2. The van der Waals surface area contributed by atoms with E-state index < -0.39 is 0 Å². The van der Waals surface area contributed by atoms with E-state index in [1.54, 1.807) is 4.90 Å². The van der Waals surface area contributed by atoms with E-state index in [-0.39, 0.29) is 35.6 Å². The van der Waals surface area contributed by atoms with Crippen LogP contribution in [0.4, 0.5) is 0 Å². The van der Waals surface area contributed by atoms with E-state index in [1.165, 1.54) is 0 Å². The quantitative estimate of drug-likeness (QED) is 0.769. The summed E-state index contributed by atoms with van der Waals surface area (Å²) in [5, 5.41) is 2.00. The zero-order valence-electron chi connectivity index (χ0n) is 17.9. The first-order chi connectivity index (χ1) is 14.3. The van der Waals surface area contributed by atoms with Crippen molar-refractivity contribution in [2.45, 2.75) is 32.7 Å². The van der Waals surface area contributed by atoms with Crippen LogP contribution >= 0.6 is 0 Å². The molecule has 2 aromatic carbocycles. The number of fused-ring (bicyclic) bond motifs is 1. The summed E-state index contributed by atoms with van der Waals surface area (Å²) in [6.07, 6.45) is 0.283. The van der Waals surface area contributed by atoms with Crippen LogP contribution in [0.3, 0.4) is 0 Å². The van der Waals surface area contributed by atoms with Crippen molar-refractivity contribution < 1.29 is 14.4 Å². The van der Waals surface area contributed by atoms with Crippen LogP contribution < -0.4 is 0 Å². The Morgan fingerprint density at radius 1 is 0.900 bits per heavy atom. The number of hydrogen-bond donors (Lipinski definition) is 0. The Balaban J connectivity index is 1.40. The van der Waals surface area contributed by atoms with Crippen molar-refractivity contribution in [1.29, 1.82) is 0 Å². The Morgan fingerprint density at radius 3 is 2.20 bits per heavy atom. The minimum Gasteiger partial charge on any atom is -0.339 e. The number of piperazine rings is 1. The molecule has 6 nitrogen and oxygen atoms in total. The lowest BCUT2D eigenvalue weighted by atomic mass is 10.0. The van der Waals surface area contributed by atoms with Gasteiger partial charge >= 0.3 is 0 Å². The summed E-state index contributed by atoms with van der Waals surface area (Å²) in [6, 6.07) is 13.7. The molecule has 2 aliphatic heterocycles. The largest absolute Gasteiger partial charge is 0.339 e. The topological polar surface area (TPSA) is 60.9 Å². The number of carbonyl (C=O) groups is 3. The molecule has 158 valence electrons. The van der Waals surface area contributed by atoms with Gasteiger partial charge in [0.15, 0.2) is 0 Å². The van der Waals surface area contributed by atoms with Crippen molar-refractivity contribution in [1.82, 2.24) is 14.7 Å². The summed E-state index contributed by atoms with van der Waals surface area (Å²) in [6.45, 7) is 8.51. The Kier molecular flexibility index (Phi) is 5.26. The molecule has 0 aromatic heterocycles. The average Bonchev–Trinajstić information content (AvgIpc) is 3.14. The molecule has 0 spiro atoms. The van der Waals surface area contributed by atoms with Gasteiger partial charge in [0.05, 0.1) is 5.92 Å². The van der Waals surface area contributed by atoms with Gasteiger partial charge in [-0.15, -0.1) is 0 Å².